The topological polar surface area (TPSA) is 75.6 Å². The summed E-state index contributed by atoms with van der Waals surface area (Å²) in [6.45, 7) is 0.320. The molecule has 2 aromatic rings. The Morgan fingerprint density at radius 3 is 2.38 bits per heavy atom. The van der Waals surface area contributed by atoms with E-state index in [1.54, 1.807) is 42.5 Å². The zero-order valence-electron chi connectivity index (χ0n) is 12.6. The Balaban J connectivity index is 1.88. The van der Waals surface area contributed by atoms with Gasteiger partial charge in [-0.1, -0.05) is 35.3 Å². The minimum atomic E-state index is -0.993. The van der Waals surface area contributed by atoms with E-state index in [4.69, 9.17) is 33.0 Å². The molecule has 1 amide bonds. The van der Waals surface area contributed by atoms with E-state index < -0.39 is 5.97 Å². The molecule has 0 aliphatic heterocycles. The van der Waals surface area contributed by atoms with E-state index in [0.29, 0.717) is 28.1 Å². The molecule has 0 aliphatic carbocycles. The number of aliphatic carboxylic acids is 1. The van der Waals surface area contributed by atoms with E-state index in [1.165, 1.54) is 0 Å². The smallest absolute Gasteiger partial charge is 0.303 e. The maximum Gasteiger partial charge on any atom is 0.303 e. The Labute approximate surface area is 149 Å². The predicted molar refractivity (Wildman–Crippen MR) is 91.7 cm³/mol. The van der Waals surface area contributed by atoms with Gasteiger partial charge in [-0.05, 0) is 35.9 Å². The Hall–Kier alpha value is -2.24. The second-order valence-electron chi connectivity index (χ2n) is 4.99. The number of benzene rings is 2. The normalized spacial score (nSPS) is 10.2. The van der Waals surface area contributed by atoms with Gasteiger partial charge in [0.1, 0.15) is 11.5 Å². The molecule has 0 heterocycles. The number of hydrogen-bond donors (Lipinski definition) is 2. The van der Waals surface area contributed by atoms with Gasteiger partial charge >= 0.3 is 5.97 Å². The molecule has 126 valence electrons. The van der Waals surface area contributed by atoms with Gasteiger partial charge in [0, 0.05) is 18.0 Å². The zero-order valence-corrected chi connectivity index (χ0v) is 14.1. The van der Waals surface area contributed by atoms with Crippen molar-refractivity contribution in [2.24, 2.45) is 0 Å². The summed E-state index contributed by atoms with van der Waals surface area (Å²) in [7, 11) is 0. The molecule has 2 rings (SSSR count). The lowest BCUT2D eigenvalue weighted by Gasteiger charge is -2.09. The van der Waals surface area contributed by atoms with Gasteiger partial charge in [0.25, 0.3) is 0 Å². The monoisotopic (exact) mass is 367 g/mol. The van der Waals surface area contributed by atoms with Crippen LogP contribution >= 0.6 is 23.2 Å². The van der Waals surface area contributed by atoms with E-state index in [-0.39, 0.29) is 18.7 Å². The average Bonchev–Trinajstić information content (AvgIpc) is 2.55. The molecule has 0 saturated heterocycles. The molecule has 0 fully saturated rings. The lowest BCUT2D eigenvalue weighted by Crippen LogP contribution is -2.23. The van der Waals surface area contributed by atoms with Crippen LogP contribution in [0.3, 0.4) is 0 Å². The number of carboxylic acids is 1. The van der Waals surface area contributed by atoms with Crippen molar-refractivity contribution in [1.29, 1.82) is 0 Å². The maximum atomic E-state index is 11.5. The van der Waals surface area contributed by atoms with Gasteiger partial charge in [-0.2, -0.15) is 0 Å². The second kappa shape index (κ2) is 8.57. The highest BCUT2D eigenvalue weighted by atomic mass is 35.5. The van der Waals surface area contributed by atoms with Crippen molar-refractivity contribution in [3.63, 3.8) is 0 Å². The first-order valence-electron chi connectivity index (χ1n) is 7.14. The van der Waals surface area contributed by atoms with Crippen molar-refractivity contribution in [3.05, 3.63) is 58.1 Å². The first-order valence-corrected chi connectivity index (χ1v) is 7.90. The number of amides is 1. The molecule has 0 spiro atoms. The number of hydrogen-bond acceptors (Lipinski definition) is 3. The fourth-order valence-electron chi connectivity index (χ4n) is 1.87. The molecular formula is C17H15Cl2NO4. The van der Waals surface area contributed by atoms with Gasteiger partial charge < -0.3 is 15.2 Å². The number of carboxylic acid groups (broad SMARTS) is 1. The van der Waals surface area contributed by atoms with Gasteiger partial charge in [0.2, 0.25) is 5.91 Å². The number of halogens is 2. The van der Waals surface area contributed by atoms with Crippen molar-refractivity contribution in [1.82, 2.24) is 5.32 Å². The Morgan fingerprint density at radius 1 is 1.04 bits per heavy atom. The second-order valence-corrected chi connectivity index (χ2v) is 5.83. The standard InChI is InChI=1S/C17H15Cl2NO4/c18-12-3-6-15(14(19)9-12)24-13-4-1-11(2-5-13)10-20-16(21)7-8-17(22)23/h1-6,9H,7-8,10H2,(H,20,21)(H,22,23). The van der Waals surface area contributed by atoms with E-state index in [9.17, 15) is 9.59 Å². The van der Waals surface area contributed by atoms with Crippen molar-refractivity contribution in [2.45, 2.75) is 19.4 Å². The summed E-state index contributed by atoms with van der Waals surface area (Å²) in [6.07, 6.45) is -0.216. The van der Waals surface area contributed by atoms with Gasteiger partial charge in [0.15, 0.2) is 0 Å². The Kier molecular flexibility index (Phi) is 6.46. The molecule has 24 heavy (non-hydrogen) atoms. The van der Waals surface area contributed by atoms with E-state index in [0.717, 1.165) is 5.56 Å². The molecule has 0 unspecified atom stereocenters. The van der Waals surface area contributed by atoms with Crippen LogP contribution in [0.15, 0.2) is 42.5 Å². The number of ether oxygens (including phenoxy) is 1. The Morgan fingerprint density at radius 2 is 1.75 bits per heavy atom. The molecular weight excluding hydrogens is 353 g/mol. The van der Waals surface area contributed by atoms with Crippen LogP contribution in [0.2, 0.25) is 10.0 Å². The molecule has 2 N–H and O–H groups in total. The van der Waals surface area contributed by atoms with E-state index in [1.807, 2.05) is 0 Å². The zero-order chi connectivity index (χ0) is 17.5. The SMILES string of the molecule is O=C(O)CCC(=O)NCc1ccc(Oc2ccc(Cl)cc2Cl)cc1. The lowest BCUT2D eigenvalue weighted by atomic mass is 10.2. The maximum absolute atomic E-state index is 11.5. The quantitative estimate of drug-likeness (QED) is 0.766. The summed E-state index contributed by atoms with van der Waals surface area (Å²) in [5.41, 5.74) is 0.869. The number of nitrogens with one attached hydrogen (secondary N) is 1. The number of carbonyl (C=O) groups excluding carboxylic acids is 1. The van der Waals surface area contributed by atoms with Crippen LogP contribution < -0.4 is 10.1 Å². The molecule has 0 radical (unpaired) electrons. The van der Waals surface area contributed by atoms with Crippen molar-refractivity contribution in [3.8, 4) is 11.5 Å². The number of carbonyl (C=O) groups is 2. The van der Waals surface area contributed by atoms with Crippen LogP contribution in [-0.2, 0) is 16.1 Å². The highest BCUT2D eigenvalue weighted by Crippen LogP contribution is 2.31. The summed E-state index contributed by atoms with van der Waals surface area (Å²) in [5, 5.41) is 12.1. The third-order valence-corrected chi connectivity index (χ3v) is 3.63. The van der Waals surface area contributed by atoms with Crippen LogP contribution in [0, 0.1) is 0 Å². The molecule has 0 atom stereocenters. The molecule has 2 aromatic carbocycles. The molecule has 5 nitrogen and oxygen atoms in total. The summed E-state index contributed by atoms with van der Waals surface area (Å²) < 4.78 is 5.67. The highest BCUT2D eigenvalue weighted by Gasteiger charge is 2.06. The summed E-state index contributed by atoms with van der Waals surface area (Å²) >= 11 is 11.9. The van der Waals surface area contributed by atoms with E-state index >= 15 is 0 Å². The first-order chi connectivity index (χ1) is 11.4. The molecule has 0 aliphatic rings. The first kappa shape index (κ1) is 18.1. The largest absolute Gasteiger partial charge is 0.481 e. The highest BCUT2D eigenvalue weighted by molar-refractivity contribution is 6.35. The van der Waals surface area contributed by atoms with Gasteiger partial charge in [-0.15, -0.1) is 0 Å². The fourth-order valence-corrected chi connectivity index (χ4v) is 2.32. The van der Waals surface area contributed by atoms with Crippen LogP contribution in [0.5, 0.6) is 11.5 Å². The summed E-state index contributed by atoms with van der Waals surface area (Å²) in [5.74, 6) is -0.200. The Bertz CT molecular complexity index is 732. The van der Waals surface area contributed by atoms with Gasteiger partial charge in [-0.3, -0.25) is 9.59 Å². The fraction of sp³-hybridized carbons (Fsp3) is 0.176. The molecule has 0 saturated carbocycles. The van der Waals surface area contributed by atoms with Gasteiger partial charge in [0.05, 0.1) is 11.4 Å². The van der Waals surface area contributed by atoms with Crippen molar-refractivity contribution < 1.29 is 19.4 Å². The number of rotatable bonds is 7. The summed E-state index contributed by atoms with van der Waals surface area (Å²) in [6, 6.07) is 12.1. The van der Waals surface area contributed by atoms with Crippen molar-refractivity contribution in [2.75, 3.05) is 0 Å². The lowest BCUT2D eigenvalue weighted by molar-refractivity contribution is -0.138. The van der Waals surface area contributed by atoms with Crippen LogP contribution in [-0.4, -0.2) is 17.0 Å². The minimum Gasteiger partial charge on any atom is -0.481 e. The summed E-state index contributed by atoms with van der Waals surface area (Å²) in [4.78, 5) is 21.9. The molecule has 0 aromatic heterocycles. The molecule has 7 heteroatoms. The van der Waals surface area contributed by atoms with Crippen molar-refractivity contribution >= 4 is 35.1 Å². The third kappa shape index (κ3) is 5.76. The van der Waals surface area contributed by atoms with Crippen LogP contribution in [0.4, 0.5) is 0 Å². The average molecular weight is 368 g/mol. The van der Waals surface area contributed by atoms with Crippen LogP contribution in [0.25, 0.3) is 0 Å². The third-order valence-electron chi connectivity index (χ3n) is 3.10. The van der Waals surface area contributed by atoms with E-state index in [2.05, 4.69) is 5.32 Å². The predicted octanol–water partition coefficient (Wildman–Crippen LogP) is 4.27. The minimum absolute atomic E-state index is 0.0361. The molecule has 0 bridgehead atoms. The van der Waals surface area contributed by atoms with Gasteiger partial charge in [-0.25, -0.2) is 0 Å². The van der Waals surface area contributed by atoms with Crippen LogP contribution in [0.1, 0.15) is 18.4 Å².